The largest absolute Gasteiger partial charge is 0.467 e. The normalized spacial score (nSPS) is 15.3. The maximum atomic E-state index is 12.4. The van der Waals surface area contributed by atoms with Crippen molar-refractivity contribution in [2.75, 3.05) is 17.9 Å². The first-order valence-electron chi connectivity index (χ1n) is 7.86. The fourth-order valence-electron chi connectivity index (χ4n) is 2.80. The molecule has 0 unspecified atom stereocenters. The van der Waals surface area contributed by atoms with Gasteiger partial charge in [0, 0.05) is 21.0 Å². The summed E-state index contributed by atoms with van der Waals surface area (Å²) in [5.74, 6) is 0.444. The smallest absolute Gasteiger partial charge is 0.338 e. The van der Waals surface area contributed by atoms with Gasteiger partial charge in [-0.1, -0.05) is 11.6 Å². The van der Waals surface area contributed by atoms with Crippen LogP contribution in [0.25, 0.3) is 0 Å². The first-order valence-corrected chi connectivity index (χ1v) is 9.22. The van der Waals surface area contributed by atoms with Crippen molar-refractivity contribution in [3.63, 3.8) is 0 Å². The van der Waals surface area contributed by atoms with E-state index in [4.69, 9.17) is 25.8 Å². The van der Waals surface area contributed by atoms with Crippen LogP contribution in [0.1, 0.15) is 21.5 Å². The van der Waals surface area contributed by atoms with Crippen LogP contribution in [0.5, 0.6) is 5.75 Å². The summed E-state index contributed by atoms with van der Waals surface area (Å²) in [6.45, 7) is 0.580. The number of halogens is 1. The second-order valence-corrected chi connectivity index (χ2v) is 7.24. The van der Waals surface area contributed by atoms with Gasteiger partial charge in [-0.05, 0) is 30.3 Å². The van der Waals surface area contributed by atoms with Gasteiger partial charge in [0.2, 0.25) is 5.91 Å². The molecule has 2 aliphatic rings. The van der Waals surface area contributed by atoms with Gasteiger partial charge >= 0.3 is 5.97 Å². The highest BCUT2D eigenvalue weighted by Gasteiger charge is 2.20. The number of thioether (sulfide) groups is 1. The highest BCUT2D eigenvalue weighted by Crippen LogP contribution is 2.34. The van der Waals surface area contributed by atoms with E-state index in [-0.39, 0.29) is 19.3 Å². The molecule has 0 bridgehead atoms. The molecule has 4 rings (SSSR count). The Morgan fingerprint density at radius 2 is 2.19 bits per heavy atom. The number of hydrogen-bond donors (Lipinski definition) is 1. The summed E-state index contributed by atoms with van der Waals surface area (Å²) in [7, 11) is 0. The van der Waals surface area contributed by atoms with Crippen molar-refractivity contribution in [1.29, 1.82) is 0 Å². The van der Waals surface area contributed by atoms with Crippen LogP contribution in [0, 0.1) is 0 Å². The van der Waals surface area contributed by atoms with Crippen LogP contribution in [0.15, 0.2) is 35.2 Å². The lowest BCUT2D eigenvalue weighted by molar-refractivity contribution is -0.113. The zero-order chi connectivity index (χ0) is 18.1. The fraction of sp³-hybridized carbons (Fsp3) is 0.222. The zero-order valence-corrected chi connectivity index (χ0v) is 15.1. The van der Waals surface area contributed by atoms with Crippen LogP contribution in [-0.2, 0) is 27.5 Å². The Labute approximate surface area is 158 Å². The molecule has 0 atom stereocenters. The average molecular weight is 392 g/mol. The van der Waals surface area contributed by atoms with Crippen LogP contribution >= 0.6 is 23.4 Å². The summed E-state index contributed by atoms with van der Waals surface area (Å²) < 4.78 is 16.2. The predicted octanol–water partition coefficient (Wildman–Crippen LogP) is 3.61. The standard InChI is InChI=1S/C18H14ClNO5S/c19-13-3-11-6-23-9-25-17(11)12(4-13)7-24-18(22)10-1-2-15-14(5-10)20-16(21)8-26-15/h1-5H,6-9H2,(H,20,21). The van der Waals surface area contributed by atoms with Gasteiger partial charge in [0.25, 0.3) is 0 Å². The number of esters is 1. The molecule has 134 valence electrons. The minimum atomic E-state index is -0.488. The Kier molecular flexibility index (Phi) is 4.76. The van der Waals surface area contributed by atoms with Crippen molar-refractivity contribution in [2.24, 2.45) is 0 Å². The number of amides is 1. The lowest BCUT2D eigenvalue weighted by atomic mass is 10.1. The molecule has 0 aromatic heterocycles. The number of nitrogens with one attached hydrogen (secondary N) is 1. The molecule has 0 fully saturated rings. The highest BCUT2D eigenvalue weighted by atomic mass is 35.5. The Morgan fingerprint density at radius 1 is 1.31 bits per heavy atom. The van der Waals surface area contributed by atoms with Gasteiger partial charge < -0.3 is 19.5 Å². The molecule has 0 aliphatic carbocycles. The van der Waals surface area contributed by atoms with E-state index < -0.39 is 5.97 Å². The van der Waals surface area contributed by atoms with Gasteiger partial charge in [-0.25, -0.2) is 4.79 Å². The van der Waals surface area contributed by atoms with E-state index in [1.807, 2.05) is 0 Å². The number of benzene rings is 2. The average Bonchev–Trinajstić information content (AvgIpc) is 2.65. The molecule has 2 aliphatic heterocycles. The summed E-state index contributed by atoms with van der Waals surface area (Å²) in [6.07, 6.45) is 0. The molecule has 0 radical (unpaired) electrons. The van der Waals surface area contributed by atoms with Crippen LogP contribution in [0.2, 0.25) is 5.02 Å². The minimum Gasteiger partial charge on any atom is -0.467 e. The lowest BCUT2D eigenvalue weighted by Gasteiger charge is -2.21. The number of rotatable bonds is 3. The van der Waals surface area contributed by atoms with Crippen LogP contribution < -0.4 is 10.1 Å². The molecule has 2 heterocycles. The molecular weight excluding hydrogens is 378 g/mol. The number of carbonyl (C=O) groups excluding carboxylic acids is 2. The van der Waals surface area contributed by atoms with E-state index in [9.17, 15) is 9.59 Å². The number of fused-ring (bicyclic) bond motifs is 2. The van der Waals surface area contributed by atoms with E-state index in [1.165, 1.54) is 11.8 Å². The Hall–Kier alpha value is -2.22. The molecule has 26 heavy (non-hydrogen) atoms. The molecular formula is C18H14ClNO5S. The van der Waals surface area contributed by atoms with E-state index >= 15 is 0 Å². The Morgan fingerprint density at radius 3 is 3.08 bits per heavy atom. The maximum Gasteiger partial charge on any atom is 0.338 e. The van der Waals surface area contributed by atoms with E-state index in [0.717, 1.165) is 10.5 Å². The summed E-state index contributed by atoms with van der Waals surface area (Å²) in [4.78, 5) is 24.8. The monoisotopic (exact) mass is 391 g/mol. The topological polar surface area (TPSA) is 73.9 Å². The van der Waals surface area contributed by atoms with E-state index in [2.05, 4.69) is 5.32 Å². The van der Waals surface area contributed by atoms with Crippen molar-refractivity contribution >= 4 is 40.9 Å². The van der Waals surface area contributed by atoms with Crippen molar-refractivity contribution in [1.82, 2.24) is 0 Å². The van der Waals surface area contributed by atoms with Gasteiger partial charge in [0.1, 0.15) is 12.4 Å². The lowest BCUT2D eigenvalue weighted by Crippen LogP contribution is -2.19. The fourth-order valence-corrected chi connectivity index (χ4v) is 3.85. The highest BCUT2D eigenvalue weighted by molar-refractivity contribution is 8.00. The maximum absolute atomic E-state index is 12.4. The first-order chi connectivity index (χ1) is 12.6. The molecule has 0 saturated heterocycles. The molecule has 8 heteroatoms. The van der Waals surface area contributed by atoms with Gasteiger partial charge in [-0.2, -0.15) is 0 Å². The summed E-state index contributed by atoms with van der Waals surface area (Å²) in [6, 6.07) is 8.59. The summed E-state index contributed by atoms with van der Waals surface area (Å²) >= 11 is 7.55. The van der Waals surface area contributed by atoms with Gasteiger partial charge in [0.05, 0.1) is 23.6 Å². The third-order valence-corrected chi connectivity index (χ3v) is 5.25. The third-order valence-electron chi connectivity index (χ3n) is 3.96. The molecule has 1 amide bonds. The molecule has 2 aromatic carbocycles. The van der Waals surface area contributed by atoms with Crippen molar-refractivity contribution < 1.29 is 23.8 Å². The summed E-state index contributed by atoms with van der Waals surface area (Å²) in [5.41, 5.74) is 2.50. The van der Waals surface area contributed by atoms with Crippen LogP contribution in [0.4, 0.5) is 5.69 Å². The molecule has 6 nitrogen and oxygen atoms in total. The number of ether oxygens (including phenoxy) is 3. The van der Waals surface area contributed by atoms with Crippen molar-refractivity contribution in [3.05, 3.63) is 52.0 Å². The molecule has 0 spiro atoms. The van der Waals surface area contributed by atoms with E-state index in [0.29, 0.717) is 39.9 Å². The van der Waals surface area contributed by atoms with Gasteiger partial charge in [0.15, 0.2) is 6.79 Å². The van der Waals surface area contributed by atoms with Gasteiger partial charge in [-0.3, -0.25) is 4.79 Å². The SMILES string of the molecule is O=C1CSc2ccc(C(=O)OCc3cc(Cl)cc4c3OCOC4)cc2N1. The summed E-state index contributed by atoms with van der Waals surface area (Å²) in [5, 5.41) is 3.28. The number of anilines is 1. The number of carbonyl (C=O) groups is 2. The number of hydrogen-bond acceptors (Lipinski definition) is 6. The molecule has 0 saturated carbocycles. The van der Waals surface area contributed by atoms with Gasteiger partial charge in [-0.15, -0.1) is 11.8 Å². The Balaban J connectivity index is 1.50. The molecule has 2 aromatic rings. The van der Waals surface area contributed by atoms with Crippen LogP contribution in [0.3, 0.4) is 0 Å². The van der Waals surface area contributed by atoms with Crippen molar-refractivity contribution in [2.45, 2.75) is 18.1 Å². The second kappa shape index (κ2) is 7.19. The first kappa shape index (κ1) is 17.2. The zero-order valence-electron chi connectivity index (χ0n) is 13.5. The van der Waals surface area contributed by atoms with Crippen molar-refractivity contribution in [3.8, 4) is 5.75 Å². The third kappa shape index (κ3) is 3.51. The second-order valence-electron chi connectivity index (χ2n) is 5.79. The van der Waals surface area contributed by atoms with E-state index in [1.54, 1.807) is 30.3 Å². The Bertz CT molecular complexity index is 901. The predicted molar refractivity (Wildman–Crippen MR) is 96.7 cm³/mol. The van der Waals surface area contributed by atoms with Crippen LogP contribution in [-0.4, -0.2) is 24.4 Å². The minimum absolute atomic E-state index is 0.0277. The quantitative estimate of drug-likeness (QED) is 0.806. The molecule has 1 N–H and O–H groups in total.